The zero-order chi connectivity index (χ0) is 4.28. The first-order valence-corrected chi connectivity index (χ1v) is 2.44. The number of halogens is 2. The summed E-state index contributed by atoms with van der Waals surface area (Å²) in [5.41, 5.74) is 0. The van der Waals surface area contributed by atoms with Gasteiger partial charge in [0.25, 0.3) is 0 Å². The minimum Gasteiger partial charge on any atom is -0.395 e. The Morgan fingerprint density at radius 2 is 2.00 bits per heavy atom. The molecule has 0 heterocycles. The zero-order valence-electron chi connectivity index (χ0n) is 3.52. The average molecular weight is 220 g/mol. The van der Waals surface area contributed by atoms with Crippen molar-refractivity contribution < 1.29 is 5.11 Å². The number of aliphatic hydroxyl groups excluding tert-OH is 1. The summed E-state index contributed by atoms with van der Waals surface area (Å²) in [5.74, 6) is 0. The molecule has 0 aliphatic rings. The van der Waals surface area contributed by atoms with Crippen LogP contribution in [-0.4, -0.2) is 16.5 Å². The van der Waals surface area contributed by atoms with Crippen LogP contribution in [0.3, 0.4) is 0 Å². The fourth-order valence-corrected chi connectivity index (χ4v) is 0. The maximum Gasteiger partial charge on any atom is 0.0553 e. The molecule has 1 nitrogen and oxygen atoms in total. The standard InChI is InChI=1S/C3H7BrO.BrH/c1-3(4)2-5;/h3,5H,2H2,1H3;1H. The maximum absolute atomic E-state index is 8.10. The van der Waals surface area contributed by atoms with E-state index in [0.29, 0.717) is 0 Å². The van der Waals surface area contributed by atoms with Gasteiger partial charge in [-0.15, -0.1) is 17.0 Å². The van der Waals surface area contributed by atoms with Crippen molar-refractivity contribution in [2.24, 2.45) is 0 Å². The molecule has 0 aromatic rings. The van der Waals surface area contributed by atoms with Crippen molar-refractivity contribution in [2.45, 2.75) is 11.8 Å². The fourth-order valence-electron chi connectivity index (χ4n) is 0. The topological polar surface area (TPSA) is 20.2 Å². The lowest BCUT2D eigenvalue weighted by Crippen LogP contribution is -1.93. The monoisotopic (exact) mass is 218 g/mol. The third kappa shape index (κ3) is 8.87. The van der Waals surface area contributed by atoms with Crippen LogP contribution in [0.25, 0.3) is 0 Å². The SMILES string of the molecule is Br.CC(Br)CO. The second-order valence-corrected chi connectivity index (χ2v) is 2.53. The van der Waals surface area contributed by atoms with E-state index in [1.807, 2.05) is 6.92 Å². The molecule has 1 N–H and O–H groups in total. The number of hydrogen-bond acceptors (Lipinski definition) is 1. The van der Waals surface area contributed by atoms with Crippen molar-refractivity contribution in [1.29, 1.82) is 0 Å². The first kappa shape index (κ1) is 10.0. The number of alkyl halides is 1. The lowest BCUT2D eigenvalue weighted by molar-refractivity contribution is 0.302. The average Bonchev–Trinajstić information content (AvgIpc) is 1.38. The molecule has 0 bridgehead atoms. The van der Waals surface area contributed by atoms with E-state index in [2.05, 4.69) is 15.9 Å². The van der Waals surface area contributed by atoms with E-state index in [9.17, 15) is 0 Å². The Bertz CT molecular complexity index is 22.8. The molecule has 0 aromatic heterocycles. The lowest BCUT2D eigenvalue weighted by Gasteiger charge is -1.87. The van der Waals surface area contributed by atoms with E-state index < -0.39 is 0 Å². The van der Waals surface area contributed by atoms with Crippen LogP contribution in [0, 0.1) is 0 Å². The first-order valence-electron chi connectivity index (χ1n) is 1.52. The smallest absolute Gasteiger partial charge is 0.0553 e. The minimum absolute atomic E-state index is 0. The highest BCUT2D eigenvalue weighted by molar-refractivity contribution is 9.09. The molecule has 0 saturated carbocycles. The highest BCUT2D eigenvalue weighted by atomic mass is 79.9. The van der Waals surface area contributed by atoms with Gasteiger partial charge in [-0.25, -0.2) is 0 Å². The van der Waals surface area contributed by atoms with Crippen LogP contribution in [0.1, 0.15) is 6.92 Å². The molecule has 0 aliphatic heterocycles. The fraction of sp³-hybridized carbons (Fsp3) is 1.00. The predicted octanol–water partition coefficient (Wildman–Crippen LogP) is 1.34. The summed E-state index contributed by atoms with van der Waals surface area (Å²) < 4.78 is 0. The molecule has 0 aromatic carbocycles. The molecular weight excluding hydrogens is 212 g/mol. The van der Waals surface area contributed by atoms with Gasteiger partial charge in [0.05, 0.1) is 6.61 Å². The van der Waals surface area contributed by atoms with Crippen LogP contribution in [0.4, 0.5) is 0 Å². The Balaban J connectivity index is 0. The van der Waals surface area contributed by atoms with E-state index in [-0.39, 0.29) is 28.4 Å². The third-order valence-corrected chi connectivity index (χ3v) is 0.541. The second kappa shape index (κ2) is 5.92. The Kier molecular flexibility index (Phi) is 9.89. The van der Waals surface area contributed by atoms with E-state index >= 15 is 0 Å². The van der Waals surface area contributed by atoms with E-state index in [1.54, 1.807) is 0 Å². The molecule has 0 radical (unpaired) electrons. The molecule has 6 heavy (non-hydrogen) atoms. The van der Waals surface area contributed by atoms with Crippen LogP contribution in [0.2, 0.25) is 0 Å². The Morgan fingerprint density at radius 1 is 1.83 bits per heavy atom. The summed E-state index contributed by atoms with van der Waals surface area (Å²) in [5, 5.41) is 8.10. The molecule has 1 unspecified atom stereocenters. The zero-order valence-corrected chi connectivity index (χ0v) is 6.82. The van der Waals surface area contributed by atoms with Crippen LogP contribution in [0.5, 0.6) is 0 Å². The van der Waals surface area contributed by atoms with Crippen LogP contribution in [-0.2, 0) is 0 Å². The molecule has 0 aliphatic carbocycles. The molecule has 40 valence electrons. The molecule has 0 spiro atoms. The second-order valence-electron chi connectivity index (χ2n) is 0.963. The molecule has 1 atom stereocenters. The maximum atomic E-state index is 8.10. The highest BCUT2D eigenvalue weighted by Gasteiger charge is 1.84. The minimum atomic E-state index is 0. The van der Waals surface area contributed by atoms with Gasteiger partial charge in [0, 0.05) is 4.83 Å². The lowest BCUT2D eigenvalue weighted by atomic mass is 10.5. The van der Waals surface area contributed by atoms with E-state index in [0.717, 1.165) is 0 Å². The van der Waals surface area contributed by atoms with Gasteiger partial charge in [-0.1, -0.05) is 22.9 Å². The summed E-state index contributed by atoms with van der Waals surface area (Å²) >= 11 is 3.12. The van der Waals surface area contributed by atoms with Gasteiger partial charge < -0.3 is 5.11 Å². The summed E-state index contributed by atoms with van der Waals surface area (Å²) in [7, 11) is 0. The largest absolute Gasteiger partial charge is 0.395 e. The molecular formula is C3H8Br2O. The quantitative estimate of drug-likeness (QED) is 0.661. The summed E-state index contributed by atoms with van der Waals surface area (Å²) in [4.78, 5) is 0.252. The van der Waals surface area contributed by atoms with Crippen LogP contribution < -0.4 is 0 Å². The van der Waals surface area contributed by atoms with Crippen molar-refractivity contribution in [1.82, 2.24) is 0 Å². The first-order chi connectivity index (χ1) is 2.27. The predicted molar refractivity (Wildman–Crippen MR) is 35.8 cm³/mol. The van der Waals surface area contributed by atoms with Crippen molar-refractivity contribution in [3.63, 3.8) is 0 Å². The molecule has 3 heteroatoms. The summed E-state index contributed by atoms with van der Waals surface area (Å²) in [6.45, 7) is 2.11. The summed E-state index contributed by atoms with van der Waals surface area (Å²) in [6.07, 6.45) is 0. The van der Waals surface area contributed by atoms with Gasteiger partial charge in [-0.3, -0.25) is 0 Å². The summed E-state index contributed by atoms with van der Waals surface area (Å²) in [6, 6.07) is 0. The van der Waals surface area contributed by atoms with Gasteiger partial charge in [0.1, 0.15) is 0 Å². The molecule has 0 fully saturated rings. The molecule has 0 amide bonds. The van der Waals surface area contributed by atoms with Crippen LogP contribution >= 0.6 is 32.9 Å². The Morgan fingerprint density at radius 3 is 2.00 bits per heavy atom. The van der Waals surface area contributed by atoms with E-state index in [1.165, 1.54) is 0 Å². The number of rotatable bonds is 1. The number of hydrogen-bond donors (Lipinski definition) is 1. The number of aliphatic hydroxyl groups is 1. The van der Waals surface area contributed by atoms with Crippen molar-refractivity contribution in [3.05, 3.63) is 0 Å². The Hall–Kier alpha value is 0.920. The van der Waals surface area contributed by atoms with Gasteiger partial charge in [0.2, 0.25) is 0 Å². The van der Waals surface area contributed by atoms with Crippen molar-refractivity contribution in [2.75, 3.05) is 6.61 Å². The van der Waals surface area contributed by atoms with Crippen LogP contribution in [0.15, 0.2) is 0 Å². The van der Waals surface area contributed by atoms with Gasteiger partial charge in [0.15, 0.2) is 0 Å². The Labute approximate surface area is 56.6 Å². The third-order valence-electron chi connectivity index (χ3n) is 0.252. The highest BCUT2D eigenvalue weighted by Crippen LogP contribution is 1.91. The van der Waals surface area contributed by atoms with Crippen molar-refractivity contribution >= 4 is 32.9 Å². The van der Waals surface area contributed by atoms with Gasteiger partial charge in [-0.05, 0) is 0 Å². The normalized spacial score (nSPS) is 12.5. The molecule has 0 saturated heterocycles. The van der Waals surface area contributed by atoms with Gasteiger partial charge in [-0.2, -0.15) is 0 Å². The van der Waals surface area contributed by atoms with E-state index in [4.69, 9.17) is 5.11 Å². The van der Waals surface area contributed by atoms with Gasteiger partial charge >= 0.3 is 0 Å². The van der Waals surface area contributed by atoms with Crippen molar-refractivity contribution in [3.8, 4) is 0 Å². The molecule has 0 rings (SSSR count).